The molecule has 0 bridgehead atoms. The number of halogens is 1. The molecule has 2 rings (SSSR count). The zero-order valence-electron chi connectivity index (χ0n) is 10.0. The molecule has 1 aliphatic rings. The van der Waals surface area contributed by atoms with Crippen LogP contribution in [0.3, 0.4) is 0 Å². The van der Waals surface area contributed by atoms with E-state index in [0.717, 1.165) is 11.4 Å². The smallest absolute Gasteiger partial charge is 0.243 e. The first kappa shape index (κ1) is 14.6. The molecular formula is C10H12ClN3O3S2. The van der Waals surface area contributed by atoms with Crippen LogP contribution in [0.5, 0.6) is 0 Å². The Kier molecular flexibility index (Phi) is 4.69. The molecule has 1 aromatic carbocycles. The molecule has 0 saturated carbocycles. The lowest BCUT2D eigenvalue weighted by atomic mass is 10.3. The molecule has 0 fully saturated rings. The average Bonchev–Trinajstić information content (AvgIpc) is 2.85. The molecule has 1 heterocycles. The van der Waals surface area contributed by atoms with E-state index >= 15 is 0 Å². The van der Waals surface area contributed by atoms with Crippen molar-refractivity contribution in [1.82, 2.24) is 4.72 Å². The van der Waals surface area contributed by atoms with E-state index in [2.05, 4.69) is 13.4 Å². The Labute approximate surface area is 120 Å². The van der Waals surface area contributed by atoms with Crippen LogP contribution in [0.2, 0.25) is 0 Å². The van der Waals surface area contributed by atoms with Crippen molar-refractivity contribution in [3.8, 4) is 0 Å². The van der Waals surface area contributed by atoms with Gasteiger partial charge in [0.25, 0.3) is 0 Å². The van der Waals surface area contributed by atoms with Crippen LogP contribution < -0.4 is 4.72 Å². The number of benzene rings is 1. The monoisotopic (exact) mass is 321 g/mol. The van der Waals surface area contributed by atoms with Gasteiger partial charge in [0.15, 0.2) is 0 Å². The molecule has 0 saturated heterocycles. The van der Waals surface area contributed by atoms with Gasteiger partial charge in [-0.3, -0.25) is 0 Å². The van der Waals surface area contributed by atoms with E-state index in [-0.39, 0.29) is 17.4 Å². The Morgan fingerprint density at radius 2 is 2.26 bits per heavy atom. The topological polar surface area (TPSA) is 80.1 Å². The molecule has 1 aromatic rings. The van der Waals surface area contributed by atoms with Crippen molar-refractivity contribution in [2.45, 2.75) is 10.9 Å². The van der Waals surface area contributed by atoms with Crippen LogP contribution in [0.15, 0.2) is 31.8 Å². The van der Waals surface area contributed by atoms with Gasteiger partial charge in [0.2, 0.25) is 10.0 Å². The summed E-state index contributed by atoms with van der Waals surface area (Å²) in [5.74, 6) is 0.123. The summed E-state index contributed by atoms with van der Waals surface area (Å²) in [6.45, 7) is 0.202. The van der Waals surface area contributed by atoms with Gasteiger partial charge in [-0.25, -0.2) is 13.1 Å². The highest BCUT2D eigenvalue weighted by atomic mass is 35.5. The zero-order chi connectivity index (χ0) is 13.9. The number of ether oxygens (including phenoxy) is 1. The van der Waals surface area contributed by atoms with Gasteiger partial charge in [-0.2, -0.15) is 8.73 Å². The van der Waals surface area contributed by atoms with Crippen LogP contribution in [-0.2, 0) is 26.1 Å². The second kappa shape index (κ2) is 6.10. The van der Waals surface area contributed by atoms with Crippen molar-refractivity contribution in [2.24, 2.45) is 8.73 Å². The molecule has 1 atom stereocenters. The van der Waals surface area contributed by atoms with Gasteiger partial charge in [-0.1, -0.05) is 6.07 Å². The second-order valence-corrected chi connectivity index (χ2v) is 6.34. The number of sulfonamides is 1. The maximum Gasteiger partial charge on any atom is 0.243 e. The molecule has 6 nitrogen and oxygen atoms in total. The number of hydrogen-bond acceptors (Lipinski definition) is 5. The molecule has 0 amide bonds. The van der Waals surface area contributed by atoms with E-state index in [4.69, 9.17) is 16.3 Å². The minimum atomic E-state index is -3.70. The van der Waals surface area contributed by atoms with Crippen LogP contribution >= 0.6 is 11.6 Å². The molecule has 0 aromatic heterocycles. The predicted octanol–water partition coefficient (Wildman–Crippen LogP) is 1.95. The van der Waals surface area contributed by atoms with E-state index < -0.39 is 16.1 Å². The summed E-state index contributed by atoms with van der Waals surface area (Å²) in [7, 11) is -2.22. The Balaban J connectivity index is 2.31. The number of fused-ring (bicyclic) bond motifs is 1. The van der Waals surface area contributed by atoms with Gasteiger partial charge in [0, 0.05) is 13.0 Å². The molecule has 1 unspecified atom stereocenters. The number of nitrogens with zero attached hydrogens (tertiary/aromatic N) is 2. The summed E-state index contributed by atoms with van der Waals surface area (Å²) in [6, 6.07) is 4.35. The third-order valence-electron chi connectivity index (χ3n) is 2.41. The first-order valence-electron chi connectivity index (χ1n) is 5.37. The second-order valence-electron chi connectivity index (χ2n) is 3.82. The normalized spacial score (nSPS) is 15.1. The number of alkyl halides is 1. The summed E-state index contributed by atoms with van der Waals surface area (Å²) in [5, 5.41) is 0. The third-order valence-corrected chi connectivity index (χ3v) is 4.88. The Morgan fingerprint density at radius 1 is 1.47 bits per heavy atom. The first-order valence-corrected chi connectivity index (χ1v) is 8.12. The Morgan fingerprint density at radius 3 is 2.95 bits per heavy atom. The third kappa shape index (κ3) is 3.21. The van der Waals surface area contributed by atoms with Crippen molar-refractivity contribution >= 4 is 44.4 Å². The SMILES string of the molecule is COCC(CCl)NS(=O)(=O)c1cccc2c1N=S=N2. The molecule has 0 aliphatic carbocycles. The van der Waals surface area contributed by atoms with Gasteiger partial charge in [-0.15, -0.1) is 11.6 Å². The van der Waals surface area contributed by atoms with E-state index in [0.29, 0.717) is 11.4 Å². The summed E-state index contributed by atoms with van der Waals surface area (Å²) in [5.41, 5.74) is 0.924. The van der Waals surface area contributed by atoms with E-state index in [1.54, 1.807) is 12.1 Å². The minimum absolute atomic E-state index is 0.102. The quantitative estimate of drug-likeness (QED) is 0.826. The fourth-order valence-corrected chi connectivity index (χ4v) is 3.84. The van der Waals surface area contributed by atoms with E-state index in [1.807, 2.05) is 0 Å². The van der Waals surface area contributed by atoms with Crippen molar-refractivity contribution in [2.75, 3.05) is 19.6 Å². The van der Waals surface area contributed by atoms with Crippen LogP contribution in [0.4, 0.5) is 11.4 Å². The van der Waals surface area contributed by atoms with E-state index in [1.165, 1.54) is 13.2 Å². The fourth-order valence-electron chi connectivity index (χ4n) is 1.59. The van der Waals surface area contributed by atoms with Crippen molar-refractivity contribution in [1.29, 1.82) is 0 Å². The highest BCUT2D eigenvalue weighted by Crippen LogP contribution is 2.37. The molecule has 0 radical (unpaired) electrons. The summed E-state index contributed by atoms with van der Waals surface area (Å²) < 4.78 is 40.0. The summed E-state index contributed by atoms with van der Waals surface area (Å²) in [4.78, 5) is 0.102. The number of methoxy groups -OCH3 is 1. The zero-order valence-corrected chi connectivity index (χ0v) is 12.4. The lowest BCUT2D eigenvalue weighted by Crippen LogP contribution is -2.39. The largest absolute Gasteiger partial charge is 0.383 e. The molecular weight excluding hydrogens is 310 g/mol. The van der Waals surface area contributed by atoms with Gasteiger partial charge in [0.1, 0.15) is 16.3 Å². The Hall–Kier alpha value is -0.800. The predicted molar refractivity (Wildman–Crippen MR) is 74.7 cm³/mol. The highest BCUT2D eigenvalue weighted by molar-refractivity contribution is 7.89. The van der Waals surface area contributed by atoms with Gasteiger partial charge < -0.3 is 4.74 Å². The molecule has 9 heteroatoms. The number of hydrogen-bond donors (Lipinski definition) is 1. The van der Waals surface area contributed by atoms with Gasteiger partial charge in [0.05, 0.1) is 24.0 Å². The summed E-state index contributed by atoms with van der Waals surface area (Å²) >= 11 is 6.68. The van der Waals surface area contributed by atoms with Gasteiger partial charge >= 0.3 is 0 Å². The molecule has 19 heavy (non-hydrogen) atoms. The van der Waals surface area contributed by atoms with Crippen molar-refractivity contribution < 1.29 is 13.2 Å². The fraction of sp³-hybridized carbons (Fsp3) is 0.400. The van der Waals surface area contributed by atoms with E-state index in [9.17, 15) is 8.42 Å². The van der Waals surface area contributed by atoms with Crippen LogP contribution in [-0.4, -0.2) is 34.1 Å². The van der Waals surface area contributed by atoms with Crippen LogP contribution in [0.1, 0.15) is 0 Å². The molecule has 104 valence electrons. The maximum atomic E-state index is 12.3. The molecule has 1 aliphatic heterocycles. The van der Waals surface area contributed by atoms with Crippen molar-refractivity contribution in [3.05, 3.63) is 18.2 Å². The first-order chi connectivity index (χ1) is 9.08. The highest BCUT2D eigenvalue weighted by Gasteiger charge is 2.25. The Bertz CT molecular complexity index is 641. The maximum absolute atomic E-state index is 12.3. The lowest BCUT2D eigenvalue weighted by molar-refractivity contribution is 0.181. The summed E-state index contributed by atoms with van der Waals surface area (Å²) in [6.07, 6.45) is 0. The van der Waals surface area contributed by atoms with Crippen LogP contribution in [0, 0.1) is 0 Å². The van der Waals surface area contributed by atoms with Crippen molar-refractivity contribution in [3.63, 3.8) is 0 Å². The van der Waals surface area contributed by atoms with Gasteiger partial charge in [-0.05, 0) is 12.1 Å². The molecule has 0 spiro atoms. The number of nitrogens with one attached hydrogen (secondary N) is 1. The standard InChI is InChI=1S/C10H12ClN3O3S2/c1-17-6-7(5-11)14-19(15,16)9-4-2-3-8-10(9)13-18-12-8/h2-4,7,14H,5-6H2,1H3. The minimum Gasteiger partial charge on any atom is -0.383 e. The number of rotatable bonds is 6. The average molecular weight is 322 g/mol. The van der Waals surface area contributed by atoms with Crippen LogP contribution in [0.25, 0.3) is 0 Å². The molecule has 1 N–H and O–H groups in total. The lowest BCUT2D eigenvalue weighted by Gasteiger charge is -2.15.